The Kier molecular flexibility index (Phi) is 4.77. The third-order valence-corrected chi connectivity index (χ3v) is 5.87. The fourth-order valence-corrected chi connectivity index (χ4v) is 4.21. The van der Waals surface area contributed by atoms with Crippen molar-refractivity contribution in [3.8, 4) is 5.69 Å². The predicted molar refractivity (Wildman–Crippen MR) is 115 cm³/mol. The lowest BCUT2D eigenvalue weighted by Gasteiger charge is -2.21. The first-order valence-corrected chi connectivity index (χ1v) is 10.1. The van der Waals surface area contributed by atoms with Crippen molar-refractivity contribution in [1.82, 2.24) is 9.58 Å². The maximum Gasteiger partial charge on any atom is 0.283 e. The Morgan fingerprint density at radius 1 is 1.18 bits per heavy atom. The van der Waals surface area contributed by atoms with Crippen molar-refractivity contribution >= 4 is 39.8 Å². The summed E-state index contributed by atoms with van der Waals surface area (Å²) >= 11 is 1.35. The minimum atomic E-state index is -0.399. The fourth-order valence-electron chi connectivity index (χ4n) is 3.39. The predicted octanol–water partition coefficient (Wildman–Crippen LogP) is 4.38. The van der Waals surface area contributed by atoms with Crippen molar-refractivity contribution in [3.05, 3.63) is 58.9 Å². The van der Waals surface area contributed by atoms with E-state index in [9.17, 15) is 4.79 Å². The zero-order valence-electron chi connectivity index (χ0n) is 16.1. The monoisotopic (exact) mass is 391 g/mol. The number of thioether (sulfide) groups is 1. The lowest BCUT2D eigenvalue weighted by atomic mass is 10.1. The van der Waals surface area contributed by atoms with Crippen LogP contribution in [0.4, 0.5) is 0 Å². The molecule has 142 valence electrons. The molecule has 3 heterocycles. The van der Waals surface area contributed by atoms with Crippen LogP contribution >= 0.6 is 11.8 Å². The number of rotatable bonds is 4. The number of carbonyl (C=O) groups is 1. The number of amidine groups is 2. The van der Waals surface area contributed by atoms with Crippen molar-refractivity contribution < 1.29 is 4.79 Å². The molecule has 6 nitrogen and oxygen atoms in total. The summed E-state index contributed by atoms with van der Waals surface area (Å²) in [4.78, 5) is 16.8. The maximum atomic E-state index is 12.6. The second-order valence-electron chi connectivity index (χ2n) is 6.61. The molecular weight excluding hydrogens is 370 g/mol. The first-order valence-electron chi connectivity index (χ1n) is 9.28. The van der Waals surface area contributed by atoms with Gasteiger partial charge in [-0.05, 0) is 60.9 Å². The Balaban J connectivity index is 1.79. The average Bonchev–Trinajstić information content (AvgIpc) is 3.31. The highest BCUT2D eigenvalue weighted by atomic mass is 32.2. The van der Waals surface area contributed by atoms with Crippen LogP contribution in [0.15, 0.2) is 52.2 Å². The van der Waals surface area contributed by atoms with Gasteiger partial charge in [0.05, 0.1) is 11.3 Å². The van der Waals surface area contributed by atoms with Crippen LogP contribution in [0.1, 0.15) is 37.1 Å². The van der Waals surface area contributed by atoms with Gasteiger partial charge in [0.25, 0.3) is 5.91 Å². The van der Waals surface area contributed by atoms with E-state index in [2.05, 4.69) is 46.7 Å². The van der Waals surface area contributed by atoms with E-state index in [0.717, 1.165) is 34.8 Å². The number of nitrogens with zero attached hydrogens (tertiary/aromatic N) is 4. The number of nitrogens with one attached hydrogen (secondary N) is 1. The van der Waals surface area contributed by atoms with E-state index in [-0.39, 0.29) is 11.4 Å². The van der Waals surface area contributed by atoms with Gasteiger partial charge in [0, 0.05) is 11.9 Å². The number of aromatic nitrogens is 1. The molecule has 0 saturated heterocycles. The molecule has 0 radical (unpaired) electrons. The summed E-state index contributed by atoms with van der Waals surface area (Å²) in [6.45, 7) is 6.20. The number of aryl methyl sites for hydroxylation is 2. The highest BCUT2D eigenvalue weighted by Gasteiger charge is 2.35. The molecule has 1 aromatic carbocycles. The highest BCUT2D eigenvalue weighted by Crippen LogP contribution is 2.30. The molecule has 0 atom stereocenters. The van der Waals surface area contributed by atoms with Crippen LogP contribution in [0.2, 0.25) is 0 Å². The molecule has 2 aliphatic heterocycles. The van der Waals surface area contributed by atoms with Gasteiger partial charge in [-0.1, -0.05) is 32.0 Å². The molecule has 0 bridgehead atoms. The summed E-state index contributed by atoms with van der Waals surface area (Å²) < 4.78 is 2.07. The van der Waals surface area contributed by atoms with Crippen molar-refractivity contribution in [3.63, 3.8) is 0 Å². The summed E-state index contributed by atoms with van der Waals surface area (Å²) in [5.74, 6) is -0.330. The van der Waals surface area contributed by atoms with Crippen molar-refractivity contribution in [2.24, 2.45) is 10.1 Å². The summed E-state index contributed by atoms with van der Waals surface area (Å²) in [6.07, 6.45) is 5.38. The third kappa shape index (κ3) is 3.01. The van der Waals surface area contributed by atoms with Gasteiger partial charge in [-0.15, -0.1) is 0 Å². The van der Waals surface area contributed by atoms with Crippen LogP contribution in [0.5, 0.6) is 0 Å². The van der Waals surface area contributed by atoms with Crippen LogP contribution in [0.3, 0.4) is 0 Å². The Morgan fingerprint density at radius 2 is 2.00 bits per heavy atom. The van der Waals surface area contributed by atoms with Gasteiger partial charge in [-0.25, -0.2) is 0 Å². The van der Waals surface area contributed by atoms with Crippen molar-refractivity contribution in [1.29, 1.82) is 5.41 Å². The number of hydrazone groups is 1. The topological polar surface area (TPSA) is 73.8 Å². The Morgan fingerprint density at radius 3 is 2.75 bits per heavy atom. The molecule has 0 aliphatic carbocycles. The van der Waals surface area contributed by atoms with Gasteiger partial charge < -0.3 is 4.57 Å². The molecule has 0 saturated carbocycles. The van der Waals surface area contributed by atoms with Crippen LogP contribution in [-0.2, 0) is 11.2 Å². The largest absolute Gasteiger partial charge is 0.317 e. The highest BCUT2D eigenvalue weighted by molar-refractivity contribution is 8.26. The third-order valence-electron chi connectivity index (χ3n) is 4.81. The van der Waals surface area contributed by atoms with E-state index in [4.69, 9.17) is 5.41 Å². The molecule has 1 amide bonds. The fraction of sp³-hybridized carbons (Fsp3) is 0.238. The average molecular weight is 392 g/mol. The van der Waals surface area contributed by atoms with Gasteiger partial charge in [0.15, 0.2) is 5.84 Å². The quantitative estimate of drug-likeness (QED) is 0.786. The molecule has 28 heavy (non-hydrogen) atoms. The van der Waals surface area contributed by atoms with E-state index in [1.807, 2.05) is 25.3 Å². The van der Waals surface area contributed by atoms with Crippen LogP contribution < -0.4 is 0 Å². The van der Waals surface area contributed by atoms with E-state index in [0.29, 0.717) is 5.17 Å². The van der Waals surface area contributed by atoms with Crippen molar-refractivity contribution in [2.75, 3.05) is 0 Å². The van der Waals surface area contributed by atoms with Gasteiger partial charge in [0.1, 0.15) is 5.04 Å². The molecule has 0 unspecified atom stereocenters. The van der Waals surface area contributed by atoms with Gasteiger partial charge >= 0.3 is 0 Å². The number of carbonyl (C=O) groups excluding carboxylic acids is 1. The molecule has 2 aliphatic rings. The summed E-state index contributed by atoms with van der Waals surface area (Å²) in [5.41, 5.74) is 4.59. The molecule has 0 spiro atoms. The summed E-state index contributed by atoms with van der Waals surface area (Å²) in [5, 5.41) is 15.7. The van der Waals surface area contributed by atoms with Gasteiger partial charge in [-0.2, -0.15) is 15.1 Å². The molecule has 4 rings (SSSR count). The zero-order valence-corrected chi connectivity index (χ0v) is 16.9. The standard InChI is InChI=1S/C21H21N5OS/c1-4-14-9-6-8-13(3)18(14)25-11-7-10-15(25)12-16-19(22)26-21(23-20(16)27)28-17(5-2)24-26/h6-12,22H,4-5H2,1-3H3/b16-12+,22-19?. The number of hydrogen-bond acceptors (Lipinski definition) is 4. The molecule has 7 heteroatoms. The zero-order chi connectivity index (χ0) is 19.8. The minimum Gasteiger partial charge on any atom is -0.317 e. The van der Waals surface area contributed by atoms with Crippen molar-refractivity contribution in [2.45, 2.75) is 33.6 Å². The number of amides is 1. The Bertz CT molecular complexity index is 1080. The second-order valence-corrected chi connectivity index (χ2v) is 7.65. The molecule has 1 N–H and O–H groups in total. The number of para-hydroxylation sites is 1. The lowest BCUT2D eigenvalue weighted by molar-refractivity contribution is -0.114. The first kappa shape index (κ1) is 18.4. The summed E-state index contributed by atoms with van der Waals surface area (Å²) in [6, 6.07) is 10.1. The Hall–Kier alpha value is -2.93. The molecule has 1 aromatic heterocycles. The normalized spacial score (nSPS) is 17.8. The number of benzene rings is 1. The van der Waals surface area contributed by atoms with Crippen LogP contribution in [0.25, 0.3) is 11.8 Å². The molecule has 0 fully saturated rings. The minimum absolute atomic E-state index is 0.0687. The smallest absolute Gasteiger partial charge is 0.283 e. The first-order chi connectivity index (χ1) is 13.5. The summed E-state index contributed by atoms with van der Waals surface area (Å²) in [7, 11) is 0. The van der Waals surface area contributed by atoms with Gasteiger partial charge in [0.2, 0.25) is 5.17 Å². The molecule has 2 aromatic rings. The van der Waals surface area contributed by atoms with E-state index >= 15 is 0 Å². The lowest BCUT2D eigenvalue weighted by Crippen LogP contribution is -2.35. The van der Waals surface area contributed by atoms with E-state index in [1.54, 1.807) is 6.08 Å². The van der Waals surface area contributed by atoms with E-state index < -0.39 is 5.91 Å². The Labute approximate surface area is 168 Å². The second kappa shape index (κ2) is 7.24. The molecular formula is C21H21N5OS. The van der Waals surface area contributed by atoms with Crippen LogP contribution in [-0.4, -0.2) is 31.5 Å². The van der Waals surface area contributed by atoms with E-state index in [1.165, 1.54) is 22.3 Å². The van der Waals surface area contributed by atoms with Crippen LogP contribution in [0, 0.1) is 12.3 Å². The number of hydrogen-bond donors (Lipinski definition) is 1. The number of fused-ring (bicyclic) bond motifs is 1. The number of aliphatic imine (C=N–C) groups is 1. The SMILES string of the molecule is CCC1=NN2C(=N)/C(=C\c3cccn3-c3c(C)cccc3CC)C(=O)N=C2S1. The maximum absolute atomic E-state index is 12.6. The van der Waals surface area contributed by atoms with Gasteiger partial charge in [-0.3, -0.25) is 10.2 Å².